The highest BCUT2D eigenvalue weighted by Gasteiger charge is 2.33. The lowest BCUT2D eigenvalue weighted by molar-refractivity contribution is -0.144. The highest BCUT2D eigenvalue weighted by Crippen LogP contribution is 2.34. The van der Waals surface area contributed by atoms with Gasteiger partial charge in [-0.2, -0.15) is 0 Å². The van der Waals surface area contributed by atoms with E-state index in [4.69, 9.17) is 5.11 Å². The zero-order valence-corrected chi connectivity index (χ0v) is 11.7. The van der Waals surface area contributed by atoms with Crippen LogP contribution in [0.3, 0.4) is 0 Å². The van der Waals surface area contributed by atoms with Gasteiger partial charge >= 0.3 is 11.9 Å². The number of esters is 1. The summed E-state index contributed by atoms with van der Waals surface area (Å²) in [6, 6.07) is 6.50. The molecule has 0 spiro atoms. The first-order chi connectivity index (χ1) is 10.0. The van der Waals surface area contributed by atoms with E-state index in [2.05, 4.69) is 10.1 Å². The molecule has 6 heteroatoms. The fraction of sp³-hybridized carbons (Fsp3) is 0.400. The molecule has 2 atom stereocenters. The summed E-state index contributed by atoms with van der Waals surface area (Å²) in [6.07, 6.45) is 0.586. The number of nitrogens with one attached hydrogen (secondary N) is 1. The summed E-state index contributed by atoms with van der Waals surface area (Å²) in [6.45, 7) is 0. The van der Waals surface area contributed by atoms with Crippen LogP contribution in [0.5, 0.6) is 0 Å². The number of carbonyl (C=O) groups is 3. The summed E-state index contributed by atoms with van der Waals surface area (Å²) in [4.78, 5) is 34.3. The molecule has 0 heterocycles. The molecule has 1 aromatic rings. The molecule has 1 aromatic carbocycles. The smallest absolute Gasteiger partial charge is 0.326 e. The fourth-order valence-electron chi connectivity index (χ4n) is 2.39. The van der Waals surface area contributed by atoms with Crippen molar-refractivity contribution in [2.24, 2.45) is 0 Å². The summed E-state index contributed by atoms with van der Waals surface area (Å²) in [5, 5.41) is 11.6. The van der Waals surface area contributed by atoms with E-state index in [1.165, 1.54) is 7.11 Å². The largest absolute Gasteiger partial charge is 0.480 e. The molecule has 0 saturated carbocycles. The molecule has 0 aliphatic heterocycles. The first-order valence-corrected chi connectivity index (χ1v) is 6.70. The Morgan fingerprint density at radius 2 is 2.10 bits per heavy atom. The van der Waals surface area contributed by atoms with E-state index in [-0.39, 0.29) is 24.7 Å². The van der Waals surface area contributed by atoms with Crippen molar-refractivity contribution < 1.29 is 24.2 Å². The van der Waals surface area contributed by atoms with Gasteiger partial charge in [-0.05, 0) is 24.0 Å². The third-order valence-electron chi connectivity index (χ3n) is 3.65. The SMILES string of the molecule is COC(=O)CC[C@@H](NC(=O)C1Cc2ccccc21)C(=O)O. The standard InChI is InChI=1S/C15H17NO5/c1-21-13(17)7-6-12(15(19)20)16-14(18)11-8-9-4-2-3-5-10(9)11/h2-5,11-12H,6-8H2,1H3,(H,16,18)(H,19,20)/t11?,12-/m1/s1. The van der Waals surface area contributed by atoms with Gasteiger partial charge in [-0.1, -0.05) is 24.3 Å². The van der Waals surface area contributed by atoms with Gasteiger partial charge in [-0.15, -0.1) is 0 Å². The summed E-state index contributed by atoms with van der Waals surface area (Å²) >= 11 is 0. The van der Waals surface area contributed by atoms with Crippen LogP contribution in [0.1, 0.15) is 29.9 Å². The Hall–Kier alpha value is -2.37. The van der Waals surface area contributed by atoms with Crippen LogP contribution in [-0.2, 0) is 25.5 Å². The molecule has 2 rings (SSSR count). The van der Waals surface area contributed by atoms with Crippen molar-refractivity contribution >= 4 is 17.8 Å². The number of ether oxygens (including phenoxy) is 1. The molecule has 1 aliphatic rings. The second-order valence-corrected chi connectivity index (χ2v) is 4.97. The minimum Gasteiger partial charge on any atom is -0.480 e. The van der Waals surface area contributed by atoms with Gasteiger partial charge in [-0.3, -0.25) is 9.59 Å². The van der Waals surface area contributed by atoms with Gasteiger partial charge in [0, 0.05) is 6.42 Å². The number of rotatable bonds is 6. The first-order valence-electron chi connectivity index (χ1n) is 6.70. The number of carboxylic acids is 1. The topological polar surface area (TPSA) is 92.7 Å². The van der Waals surface area contributed by atoms with Crippen molar-refractivity contribution in [2.75, 3.05) is 7.11 Å². The quantitative estimate of drug-likeness (QED) is 0.758. The average molecular weight is 291 g/mol. The third-order valence-corrected chi connectivity index (χ3v) is 3.65. The Morgan fingerprint density at radius 3 is 2.71 bits per heavy atom. The monoisotopic (exact) mass is 291 g/mol. The molecule has 1 unspecified atom stereocenters. The molecule has 0 radical (unpaired) electrons. The summed E-state index contributed by atoms with van der Waals surface area (Å²) in [7, 11) is 1.24. The highest BCUT2D eigenvalue weighted by atomic mass is 16.5. The van der Waals surface area contributed by atoms with E-state index in [0.717, 1.165) is 11.1 Å². The van der Waals surface area contributed by atoms with Crippen molar-refractivity contribution in [3.63, 3.8) is 0 Å². The minimum atomic E-state index is -1.15. The number of amides is 1. The molecule has 1 aliphatic carbocycles. The number of carbonyl (C=O) groups excluding carboxylic acids is 2. The third kappa shape index (κ3) is 3.39. The molecule has 1 amide bonds. The number of aliphatic carboxylic acids is 1. The van der Waals surface area contributed by atoms with Gasteiger partial charge in [0.25, 0.3) is 0 Å². The van der Waals surface area contributed by atoms with Crippen molar-refractivity contribution in [2.45, 2.75) is 31.2 Å². The highest BCUT2D eigenvalue weighted by molar-refractivity contribution is 5.90. The molecular weight excluding hydrogens is 274 g/mol. The molecule has 0 fully saturated rings. The van der Waals surface area contributed by atoms with E-state index in [1.54, 1.807) is 0 Å². The van der Waals surface area contributed by atoms with Crippen LogP contribution < -0.4 is 5.32 Å². The van der Waals surface area contributed by atoms with Gasteiger partial charge < -0.3 is 15.2 Å². The molecule has 112 valence electrons. The van der Waals surface area contributed by atoms with E-state index in [9.17, 15) is 14.4 Å². The van der Waals surface area contributed by atoms with Crippen LogP contribution in [0.25, 0.3) is 0 Å². The number of carboxylic acid groups (broad SMARTS) is 1. The van der Waals surface area contributed by atoms with Crippen LogP contribution in [0.2, 0.25) is 0 Å². The second kappa shape index (κ2) is 6.39. The van der Waals surface area contributed by atoms with Gasteiger partial charge in [-0.25, -0.2) is 4.79 Å². The van der Waals surface area contributed by atoms with E-state index >= 15 is 0 Å². The predicted molar refractivity (Wildman–Crippen MR) is 73.7 cm³/mol. The Kier molecular flexibility index (Phi) is 4.57. The molecule has 6 nitrogen and oxygen atoms in total. The fourth-order valence-corrected chi connectivity index (χ4v) is 2.39. The zero-order chi connectivity index (χ0) is 15.4. The van der Waals surface area contributed by atoms with Crippen LogP contribution in [0.4, 0.5) is 0 Å². The van der Waals surface area contributed by atoms with Crippen molar-refractivity contribution in [3.8, 4) is 0 Å². The van der Waals surface area contributed by atoms with Gasteiger partial charge in [0.05, 0.1) is 13.0 Å². The lowest BCUT2D eigenvalue weighted by atomic mass is 9.77. The Balaban J connectivity index is 1.94. The number of hydrogen-bond acceptors (Lipinski definition) is 4. The maximum atomic E-state index is 12.1. The van der Waals surface area contributed by atoms with E-state index in [1.807, 2.05) is 24.3 Å². The van der Waals surface area contributed by atoms with Gasteiger partial charge in [0.2, 0.25) is 5.91 Å². The van der Waals surface area contributed by atoms with Crippen molar-refractivity contribution in [1.29, 1.82) is 0 Å². The molecule has 0 aromatic heterocycles. The molecule has 0 saturated heterocycles. The Labute approximate surface area is 122 Å². The van der Waals surface area contributed by atoms with E-state index in [0.29, 0.717) is 6.42 Å². The van der Waals surface area contributed by atoms with Crippen LogP contribution in [-0.4, -0.2) is 36.1 Å². The van der Waals surface area contributed by atoms with Crippen LogP contribution in [0.15, 0.2) is 24.3 Å². The van der Waals surface area contributed by atoms with Gasteiger partial charge in [0.15, 0.2) is 0 Å². The number of fused-ring (bicyclic) bond motifs is 1. The molecular formula is C15H17NO5. The lowest BCUT2D eigenvalue weighted by Gasteiger charge is -2.30. The second-order valence-electron chi connectivity index (χ2n) is 4.97. The van der Waals surface area contributed by atoms with Crippen LogP contribution >= 0.6 is 0 Å². The minimum absolute atomic E-state index is 0.0160. The average Bonchev–Trinajstić information content (AvgIpc) is 2.44. The van der Waals surface area contributed by atoms with Crippen molar-refractivity contribution in [3.05, 3.63) is 35.4 Å². The van der Waals surface area contributed by atoms with Gasteiger partial charge in [0.1, 0.15) is 6.04 Å². The summed E-state index contributed by atoms with van der Waals surface area (Å²) in [5.41, 5.74) is 2.05. The van der Waals surface area contributed by atoms with Crippen LogP contribution in [0, 0.1) is 0 Å². The number of benzene rings is 1. The lowest BCUT2D eigenvalue weighted by Crippen LogP contribution is -2.45. The first kappa shape index (κ1) is 15.0. The summed E-state index contributed by atoms with van der Waals surface area (Å²) in [5.74, 6) is -2.27. The normalized spacial score (nSPS) is 17.1. The maximum Gasteiger partial charge on any atom is 0.326 e. The molecule has 21 heavy (non-hydrogen) atoms. The predicted octanol–water partition coefficient (Wildman–Crippen LogP) is 0.849. The molecule has 0 bridgehead atoms. The van der Waals surface area contributed by atoms with Crippen molar-refractivity contribution in [1.82, 2.24) is 5.32 Å². The number of methoxy groups -OCH3 is 1. The maximum absolute atomic E-state index is 12.1. The zero-order valence-electron chi connectivity index (χ0n) is 11.7. The Morgan fingerprint density at radius 1 is 1.38 bits per heavy atom. The van der Waals surface area contributed by atoms with E-state index < -0.39 is 18.0 Å². The number of hydrogen-bond donors (Lipinski definition) is 2. The Bertz CT molecular complexity index is 569. The summed E-state index contributed by atoms with van der Waals surface area (Å²) < 4.78 is 4.47. The molecule has 2 N–H and O–H groups in total.